The van der Waals surface area contributed by atoms with Crippen LogP contribution in [0.15, 0.2) is 0 Å². The highest BCUT2D eigenvalue weighted by atomic mass is 79.9. The number of hydrogen-bond donors (Lipinski definition) is 1. The van der Waals surface area contributed by atoms with Crippen molar-refractivity contribution in [1.82, 2.24) is 5.32 Å². The Labute approximate surface area is 65.3 Å². The first-order valence-electron chi connectivity index (χ1n) is 3.61. The quantitative estimate of drug-likeness (QED) is 0.622. The summed E-state index contributed by atoms with van der Waals surface area (Å²) in [6, 6.07) is 0. The van der Waals surface area contributed by atoms with Gasteiger partial charge in [-0.25, -0.2) is 0 Å². The minimum Gasteiger partial charge on any atom is -0.316 e. The lowest BCUT2D eigenvalue weighted by atomic mass is 9.90. The summed E-state index contributed by atoms with van der Waals surface area (Å²) in [4.78, 5) is 0. The monoisotopic (exact) mass is 191 g/mol. The maximum absolute atomic E-state index is 3.52. The van der Waals surface area contributed by atoms with Crippen LogP contribution in [0.2, 0.25) is 0 Å². The molecule has 0 aliphatic carbocycles. The van der Waals surface area contributed by atoms with Crippen LogP contribution >= 0.6 is 15.9 Å². The fourth-order valence-corrected chi connectivity index (χ4v) is 2.26. The first-order valence-corrected chi connectivity index (χ1v) is 4.73. The molecule has 0 aromatic rings. The molecule has 0 radical (unpaired) electrons. The van der Waals surface area contributed by atoms with Gasteiger partial charge in [0.2, 0.25) is 0 Å². The summed E-state index contributed by atoms with van der Waals surface area (Å²) in [5, 5.41) is 4.55. The van der Waals surface area contributed by atoms with E-state index >= 15 is 0 Å². The Morgan fingerprint density at radius 3 is 2.89 bits per heavy atom. The summed E-state index contributed by atoms with van der Waals surface area (Å²) >= 11 is 3.52. The van der Waals surface area contributed by atoms with Crippen molar-refractivity contribution in [1.29, 1.82) is 0 Å². The van der Waals surface area contributed by atoms with Gasteiger partial charge in [-0.05, 0) is 31.3 Å². The summed E-state index contributed by atoms with van der Waals surface area (Å²) in [6.07, 6.45) is 1.34. The zero-order chi connectivity index (χ0) is 6.69. The third-order valence-electron chi connectivity index (χ3n) is 2.16. The molecule has 1 heterocycles. The van der Waals surface area contributed by atoms with E-state index in [0.29, 0.717) is 0 Å². The maximum atomic E-state index is 3.52. The van der Waals surface area contributed by atoms with Crippen molar-refractivity contribution < 1.29 is 0 Å². The molecule has 2 unspecified atom stereocenters. The molecule has 1 fully saturated rings. The average molecular weight is 192 g/mol. The molecular formula is C7H14BrN. The molecule has 9 heavy (non-hydrogen) atoms. The van der Waals surface area contributed by atoms with Crippen molar-refractivity contribution in [3.8, 4) is 0 Å². The van der Waals surface area contributed by atoms with Gasteiger partial charge in [0.15, 0.2) is 0 Å². The van der Waals surface area contributed by atoms with Gasteiger partial charge >= 0.3 is 0 Å². The second kappa shape index (κ2) is 3.57. The lowest BCUT2D eigenvalue weighted by Gasteiger charge is -2.27. The number of piperidine rings is 1. The molecule has 1 rings (SSSR count). The third-order valence-corrected chi connectivity index (χ3v) is 2.99. The van der Waals surface area contributed by atoms with E-state index in [-0.39, 0.29) is 0 Å². The van der Waals surface area contributed by atoms with Crippen molar-refractivity contribution in [3.05, 3.63) is 0 Å². The Kier molecular flexibility index (Phi) is 2.99. The number of halogens is 1. The Morgan fingerprint density at radius 2 is 2.44 bits per heavy atom. The Morgan fingerprint density at radius 1 is 1.67 bits per heavy atom. The zero-order valence-electron chi connectivity index (χ0n) is 5.86. The molecule has 0 aromatic carbocycles. The largest absolute Gasteiger partial charge is 0.316 e. The second-order valence-corrected chi connectivity index (χ2v) is 3.53. The SMILES string of the molecule is CC1CNCCC1CBr. The summed E-state index contributed by atoms with van der Waals surface area (Å²) in [5.74, 6) is 1.77. The Hall–Kier alpha value is 0.440. The summed E-state index contributed by atoms with van der Waals surface area (Å²) in [5.41, 5.74) is 0. The van der Waals surface area contributed by atoms with Crippen LogP contribution in [0.3, 0.4) is 0 Å². The molecule has 54 valence electrons. The normalized spacial score (nSPS) is 36.7. The maximum Gasteiger partial charge on any atom is 0.00631 e. The van der Waals surface area contributed by atoms with E-state index in [2.05, 4.69) is 28.2 Å². The van der Waals surface area contributed by atoms with Gasteiger partial charge in [0, 0.05) is 5.33 Å². The van der Waals surface area contributed by atoms with Gasteiger partial charge in [0.05, 0.1) is 0 Å². The topological polar surface area (TPSA) is 12.0 Å². The van der Waals surface area contributed by atoms with Crippen molar-refractivity contribution >= 4 is 15.9 Å². The van der Waals surface area contributed by atoms with Crippen LogP contribution in [-0.2, 0) is 0 Å². The summed E-state index contributed by atoms with van der Waals surface area (Å²) in [6.45, 7) is 4.73. The molecule has 2 heteroatoms. The molecule has 0 saturated carbocycles. The van der Waals surface area contributed by atoms with Crippen molar-refractivity contribution in [2.75, 3.05) is 18.4 Å². The fourth-order valence-electron chi connectivity index (χ4n) is 1.30. The highest BCUT2D eigenvalue weighted by Crippen LogP contribution is 2.19. The van der Waals surface area contributed by atoms with E-state index in [0.717, 1.165) is 11.8 Å². The minimum atomic E-state index is 0.859. The molecule has 1 N–H and O–H groups in total. The van der Waals surface area contributed by atoms with Crippen LogP contribution in [0.5, 0.6) is 0 Å². The predicted octanol–water partition coefficient (Wildman–Crippen LogP) is 1.63. The molecule has 1 aliphatic heterocycles. The molecule has 0 aromatic heterocycles. The van der Waals surface area contributed by atoms with Gasteiger partial charge in [-0.1, -0.05) is 22.9 Å². The van der Waals surface area contributed by atoms with Crippen LogP contribution in [0, 0.1) is 11.8 Å². The van der Waals surface area contributed by atoms with Crippen LogP contribution in [0.25, 0.3) is 0 Å². The number of rotatable bonds is 1. The highest BCUT2D eigenvalue weighted by molar-refractivity contribution is 9.09. The number of nitrogens with one attached hydrogen (secondary N) is 1. The van der Waals surface area contributed by atoms with Crippen LogP contribution in [-0.4, -0.2) is 18.4 Å². The average Bonchev–Trinajstić information content (AvgIpc) is 1.89. The molecule has 0 bridgehead atoms. The minimum absolute atomic E-state index is 0.859. The number of alkyl halides is 1. The zero-order valence-corrected chi connectivity index (χ0v) is 7.45. The van der Waals surface area contributed by atoms with Gasteiger partial charge in [-0.3, -0.25) is 0 Å². The van der Waals surface area contributed by atoms with Gasteiger partial charge in [0.25, 0.3) is 0 Å². The standard InChI is InChI=1S/C7H14BrN/c1-6-5-9-3-2-7(6)4-8/h6-7,9H,2-5H2,1H3. The van der Waals surface area contributed by atoms with Crippen LogP contribution < -0.4 is 5.32 Å². The van der Waals surface area contributed by atoms with E-state index in [1.165, 1.54) is 24.8 Å². The van der Waals surface area contributed by atoms with Crippen LogP contribution in [0.1, 0.15) is 13.3 Å². The summed E-state index contributed by atoms with van der Waals surface area (Å²) < 4.78 is 0. The third kappa shape index (κ3) is 1.94. The first kappa shape index (κ1) is 7.55. The van der Waals surface area contributed by atoms with Gasteiger partial charge in [-0.15, -0.1) is 0 Å². The van der Waals surface area contributed by atoms with Gasteiger partial charge in [0.1, 0.15) is 0 Å². The second-order valence-electron chi connectivity index (χ2n) is 2.88. The van der Waals surface area contributed by atoms with E-state index in [4.69, 9.17) is 0 Å². The van der Waals surface area contributed by atoms with Crippen molar-refractivity contribution in [3.63, 3.8) is 0 Å². The van der Waals surface area contributed by atoms with E-state index in [1.54, 1.807) is 0 Å². The number of hydrogen-bond acceptors (Lipinski definition) is 1. The molecule has 2 atom stereocenters. The lowest BCUT2D eigenvalue weighted by molar-refractivity contribution is 0.302. The predicted molar refractivity (Wildman–Crippen MR) is 43.9 cm³/mol. The van der Waals surface area contributed by atoms with Gasteiger partial charge in [-0.2, -0.15) is 0 Å². The van der Waals surface area contributed by atoms with E-state index in [9.17, 15) is 0 Å². The van der Waals surface area contributed by atoms with Crippen molar-refractivity contribution in [2.45, 2.75) is 13.3 Å². The Balaban J connectivity index is 2.30. The lowest BCUT2D eigenvalue weighted by Crippen LogP contribution is -2.35. The molecule has 1 nitrogen and oxygen atoms in total. The molecule has 1 saturated heterocycles. The van der Waals surface area contributed by atoms with Gasteiger partial charge < -0.3 is 5.32 Å². The first-order chi connectivity index (χ1) is 4.34. The van der Waals surface area contributed by atoms with E-state index in [1.807, 2.05) is 0 Å². The Bertz CT molecular complexity index is 85.0. The van der Waals surface area contributed by atoms with Crippen molar-refractivity contribution in [2.24, 2.45) is 11.8 Å². The molecular weight excluding hydrogens is 178 g/mol. The smallest absolute Gasteiger partial charge is 0.00631 e. The molecule has 0 amide bonds. The molecule has 1 aliphatic rings. The van der Waals surface area contributed by atoms with E-state index < -0.39 is 0 Å². The highest BCUT2D eigenvalue weighted by Gasteiger charge is 2.18. The molecule has 0 spiro atoms. The summed E-state index contributed by atoms with van der Waals surface area (Å²) in [7, 11) is 0. The fraction of sp³-hybridized carbons (Fsp3) is 1.00. The van der Waals surface area contributed by atoms with Crippen LogP contribution in [0.4, 0.5) is 0 Å².